The van der Waals surface area contributed by atoms with Crippen molar-refractivity contribution in [1.29, 1.82) is 0 Å². The Labute approximate surface area is 105 Å². The number of benzene rings is 1. The summed E-state index contributed by atoms with van der Waals surface area (Å²) >= 11 is 1.61. The van der Waals surface area contributed by atoms with Gasteiger partial charge in [-0.25, -0.2) is 0 Å². The molecule has 0 bridgehead atoms. The van der Waals surface area contributed by atoms with Gasteiger partial charge in [-0.15, -0.1) is 11.3 Å². The van der Waals surface area contributed by atoms with Crippen LogP contribution >= 0.6 is 11.3 Å². The average molecular weight is 248 g/mol. The normalized spacial score (nSPS) is 12.4. The molecule has 1 atom stereocenters. The summed E-state index contributed by atoms with van der Waals surface area (Å²) in [5, 5.41) is 9.97. The van der Waals surface area contributed by atoms with Crippen LogP contribution in [0.25, 0.3) is 0 Å². The fraction of sp³-hybridized carbons (Fsp3) is 0.286. The maximum atomic E-state index is 9.97. The molecule has 2 rings (SSSR count). The van der Waals surface area contributed by atoms with Crippen molar-refractivity contribution in [1.82, 2.24) is 0 Å². The van der Waals surface area contributed by atoms with Crippen molar-refractivity contribution in [2.75, 3.05) is 6.61 Å². The zero-order valence-corrected chi connectivity index (χ0v) is 10.8. The summed E-state index contributed by atoms with van der Waals surface area (Å²) in [4.78, 5) is 2.16. The predicted octanol–water partition coefficient (Wildman–Crippen LogP) is 3.48. The Balaban J connectivity index is 1.97. The van der Waals surface area contributed by atoms with Crippen LogP contribution in [-0.4, -0.2) is 11.7 Å². The van der Waals surface area contributed by atoms with E-state index in [2.05, 4.69) is 0 Å². The molecule has 17 heavy (non-hydrogen) atoms. The minimum Gasteiger partial charge on any atom is -0.490 e. The Kier molecular flexibility index (Phi) is 3.82. The zero-order chi connectivity index (χ0) is 12.3. The quantitative estimate of drug-likeness (QED) is 0.897. The van der Waals surface area contributed by atoms with Crippen molar-refractivity contribution in [2.45, 2.75) is 20.0 Å². The van der Waals surface area contributed by atoms with E-state index in [1.165, 1.54) is 4.88 Å². The summed E-state index contributed by atoms with van der Waals surface area (Å²) < 4.78 is 5.62. The van der Waals surface area contributed by atoms with Crippen LogP contribution in [0, 0.1) is 13.8 Å². The highest BCUT2D eigenvalue weighted by atomic mass is 32.1. The van der Waals surface area contributed by atoms with Crippen LogP contribution in [0.5, 0.6) is 5.75 Å². The molecule has 0 saturated heterocycles. The van der Waals surface area contributed by atoms with E-state index in [0.717, 1.165) is 16.2 Å². The molecule has 2 aromatic rings. The van der Waals surface area contributed by atoms with Crippen molar-refractivity contribution >= 4 is 11.3 Å². The number of aryl methyl sites for hydroxylation is 2. The molecular weight excluding hydrogens is 232 g/mol. The Hall–Kier alpha value is -1.32. The van der Waals surface area contributed by atoms with Gasteiger partial charge in [-0.05, 0) is 37.6 Å². The number of ether oxygens (including phenoxy) is 1. The lowest BCUT2D eigenvalue weighted by molar-refractivity contribution is 0.110. The molecule has 0 fully saturated rings. The van der Waals surface area contributed by atoms with E-state index in [1.54, 1.807) is 11.3 Å². The van der Waals surface area contributed by atoms with Crippen LogP contribution in [0.1, 0.15) is 21.4 Å². The molecule has 0 aliphatic heterocycles. The molecule has 0 saturated carbocycles. The molecule has 1 aromatic heterocycles. The summed E-state index contributed by atoms with van der Waals surface area (Å²) in [5.74, 6) is 0.833. The van der Waals surface area contributed by atoms with Gasteiger partial charge < -0.3 is 9.84 Å². The second-order valence-corrected chi connectivity index (χ2v) is 5.36. The second-order valence-electron chi connectivity index (χ2n) is 4.04. The Bertz CT molecular complexity index is 490. The lowest BCUT2D eigenvalue weighted by Crippen LogP contribution is -2.08. The Morgan fingerprint density at radius 3 is 2.59 bits per heavy atom. The molecule has 0 radical (unpaired) electrons. The first kappa shape index (κ1) is 12.1. The fourth-order valence-electron chi connectivity index (χ4n) is 1.60. The number of para-hydroxylation sites is 1. The zero-order valence-electron chi connectivity index (χ0n) is 10.0. The standard InChI is InChI=1S/C14H16O2S/c1-10-5-3-4-6-13(10)16-9-12(15)14-8-7-11(2)17-14/h3-8,12,15H,9H2,1-2H3. The topological polar surface area (TPSA) is 29.5 Å². The molecule has 0 amide bonds. The van der Waals surface area contributed by atoms with Crippen molar-refractivity contribution in [3.8, 4) is 5.75 Å². The summed E-state index contributed by atoms with van der Waals surface area (Å²) in [7, 11) is 0. The number of hydrogen-bond acceptors (Lipinski definition) is 3. The van der Waals surface area contributed by atoms with Crippen LogP contribution in [0.15, 0.2) is 36.4 Å². The third kappa shape index (κ3) is 3.08. The van der Waals surface area contributed by atoms with Gasteiger partial charge in [-0.3, -0.25) is 0 Å². The second kappa shape index (κ2) is 5.34. The van der Waals surface area contributed by atoms with Crippen LogP contribution < -0.4 is 4.74 Å². The minimum atomic E-state index is -0.548. The molecule has 2 nitrogen and oxygen atoms in total. The number of aliphatic hydroxyl groups is 1. The molecule has 0 aliphatic carbocycles. The van der Waals surface area contributed by atoms with Gasteiger partial charge in [0.15, 0.2) is 0 Å². The van der Waals surface area contributed by atoms with Crippen molar-refractivity contribution in [3.63, 3.8) is 0 Å². The SMILES string of the molecule is Cc1ccc(C(O)COc2ccccc2C)s1. The van der Waals surface area contributed by atoms with Crippen molar-refractivity contribution < 1.29 is 9.84 Å². The highest BCUT2D eigenvalue weighted by Gasteiger charge is 2.11. The van der Waals surface area contributed by atoms with Crippen LogP contribution in [0.4, 0.5) is 0 Å². The first-order valence-electron chi connectivity index (χ1n) is 5.59. The molecule has 0 spiro atoms. The van der Waals surface area contributed by atoms with Gasteiger partial charge in [0.2, 0.25) is 0 Å². The monoisotopic (exact) mass is 248 g/mol. The van der Waals surface area contributed by atoms with Gasteiger partial charge in [-0.1, -0.05) is 18.2 Å². The molecule has 1 N–H and O–H groups in total. The predicted molar refractivity (Wildman–Crippen MR) is 70.7 cm³/mol. The largest absolute Gasteiger partial charge is 0.490 e. The Morgan fingerprint density at radius 1 is 1.18 bits per heavy atom. The van der Waals surface area contributed by atoms with Gasteiger partial charge in [-0.2, -0.15) is 0 Å². The third-order valence-corrected chi connectivity index (χ3v) is 3.68. The third-order valence-electron chi connectivity index (χ3n) is 2.58. The maximum Gasteiger partial charge on any atom is 0.122 e. The number of thiophene rings is 1. The van der Waals surface area contributed by atoms with E-state index in [0.29, 0.717) is 6.61 Å². The first-order chi connectivity index (χ1) is 8.16. The van der Waals surface area contributed by atoms with E-state index < -0.39 is 6.10 Å². The first-order valence-corrected chi connectivity index (χ1v) is 6.41. The average Bonchev–Trinajstić information content (AvgIpc) is 2.74. The number of aliphatic hydroxyl groups excluding tert-OH is 1. The van der Waals surface area contributed by atoms with Gasteiger partial charge in [0.05, 0.1) is 0 Å². The number of rotatable bonds is 4. The lowest BCUT2D eigenvalue weighted by atomic mass is 10.2. The summed E-state index contributed by atoms with van der Waals surface area (Å²) in [6.45, 7) is 4.32. The molecule has 3 heteroatoms. The van der Waals surface area contributed by atoms with Gasteiger partial charge in [0, 0.05) is 9.75 Å². The highest BCUT2D eigenvalue weighted by molar-refractivity contribution is 7.12. The smallest absolute Gasteiger partial charge is 0.122 e. The molecule has 1 heterocycles. The summed E-state index contributed by atoms with van der Waals surface area (Å²) in [6, 6.07) is 11.8. The van der Waals surface area contributed by atoms with E-state index in [1.807, 2.05) is 50.2 Å². The summed E-state index contributed by atoms with van der Waals surface area (Å²) in [6.07, 6.45) is -0.548. The maximum absolute atomic E-state index is 9.97. The highest BCUT2D eigenvalue weighted by Crippen LogP contribution is 2.24. The van der Waals surface area contributed by atoms with Gasteiger partial charge >= 0.3 is 0 Å². The molecule has 1 aromatic carbocycles. The Morgan fingerprint density at radius 2 is 1.94 bits per heavy atom. The van der Waals surface area contributed by atoms with Crippen LogP contribution in [-0.2, 0) is 0 Å². The van der Waals surface area contributed by atoms with E-state index >= 15 is 0 Å². The van der Waals surface area contributed by atoms with Gasteiger partial charge in [0.25, 0.3) is 0 Å². The molecule has 0 aliphatic rings. The molecule has 1 unspecified atom stereocenters. The van der Waals surface area contributed by atoms with Crippen molar-refractivity contribution in [2.24, 2.45) is 0 Å². The van der Waals surface area contributed by atoms with Crippen LogP contribution in [0.3, 0.4) is 0 Å². The van der Waals surface area contributed by atoms with Crippen LogP contribution in [0.2, 0.25) is 0 Å². The van der Waals surface area contributed by atoms with E-state index in [9.17, 15) is 5.11 Å². The summed E-state index contributed by atoms with van der Waals surface area (Å²) in [5.41, 5.74) is 1.09. The van der Waals surface area contributed by atoms with Gasteiger partial charge in [0.1, 0.15) is 18.5 Å². The van der Waals surface area contributed by atoms with E-state index in [4.69, 9.17) is 4.74 Å². The fourth-order valence-corrected chi connectivity index (χ4v) is 2.45. The number of hydrogen-bond donors (Lipinski definition) is 1. The van der Waals surface area contributed by atoms with E-state index in [-0.39, 0.29) is 0 Å². The molecular formula is C14H16O2S. The minimum absolute atomic E-state index is 0.296. The molecule has 90 valence electrons. The van der Waals surface area contributed by atoms with Crippen molar-refractivity contribution in [3.05, 3.63) is 51.7 Å². The lowest BCUT2D eigenvalue weighted by Gasteiger charge is -2.12.